The van der Waals surface area contributed by atoms with Gasteiger partial charge in [-0.3, -0.25) is 14.9 Å². The van der Waals surface area contributed by atoms with Gasteiger partial charge in [-0.2, -0.15) is 0 Å². The van der Waals surface area contributed by atoms with Gasteiger partial charge in [-0.25, -0.2) is 4.98 Å². The third kappa shape index (κ3) is 2.89. The Morgan fingerprint density at radius 3 is 2.84 bits per heavy atom. The molecular weight excluding hydrogens is 272 g/mol. The van der Waals surface area contributed by atoms with E-state index in [9.17, 15) is 14.9 Å². The molecule has 0 bridgehead atoms. The molecule has 0 aliphatic heterocycles. The van der Waals surface area contributed by atoms with Crippen LogP contribution in [0.2, 0.25) is 5.15 Å². The quantitative estimate of drug-likeness (QED) is 0.530. The maximum Gasteiger partial charge on any atom is 0.287 e. The van der Waals surface area contributed by atoms with Crippen molar-refractivity contribution in [3.8, 4) is 0 Å². The first kappa shape index (κ1) is 13.0. The third-order valence-electron chi connectivity index (χ3n) is 2.42. The van der Waals surface area contributed by atoms with E-state index in [0.717, 1.165) is 0 Å². The Morgan fingerprint density at radius 2 is 2.26 bits per heavy atom. The smallest absolute Gasteiger partial charge is 0.287 e. The molecule has 2 aromatic rings. The number of amides is 1. The number of rotatable bonds is 3. The van der Waals surface area contributed by atoms with Gasteiger partial charge in [-0.15, -0.1) is 0 Å². The van der Waals surface area contributed by atoms with Crippen LogP contribution in [0.5, 0.6) is 0 Å². The van der Waals surface area contributed by atoms with Crippen molar-refractivity contribution in [3.63, 3.8) is 0 Å². The SMILES string of the molecule is Cn1cc([N+](=O)[O-])cc1C(=O)Nc1ccnc(Cl)c1. The predicted octanol–water partition coefficient (Wildman–Crippen LogP) is 2.23. The van der Waals surface area contributed by atoms with E-state index < -0.39 is 10.8 Å². The number of hydrogen-bond acceptors (Lipinski definition) is 4. The molecule has 2 aromatic heterocycles. The summed E-state index contributed by atoms with van der Waals surface area (Å²) in [7, 11) is 1.56. The summed E-state index contributed by atoms with van der Waals surface area (Å²) in [6.45, 7) is 0. The summed E-state index contributed by atoms with van der Waals surface area (Å²) < 4.78 is 1.39. The zero-order valence-corrected chi connectivity index (χ0v) is 10.6. The van der Waals surface area contributed by atoms with Crippen molar-refractivity contribution in [2.45, 2.75) is 0 Å². The fourth-order valence-corrected chi connectivity index (χ4v) is 1.72. The first-order valence-corrected chi connectivity index (χ1v) is 5.59. The Kier molecular flexibility index (Phi) is 3.48. The monoisotopic (exact) mass is 280 g/mol. The molecule has 0 unspecified atom stereocenters. The zero-order valence-electron chi connectivity index (χ0n) is 9.83. The van der Waals surface area contributed by atoms with Crippen LogP contribution in [0.1, 0.15) is 10.5 Å². The number of carbonyl (C=O) groups is 1. The second-order valence-corrected chi connectivity index (χ2v) is 4.16. The summed E-state index contributed by atoms with van der Waals surface area (Å²) in [6.07, 6.45) is 2.72. The lowest BCUT2D eigenvalue weighted by Crippen LogP contribution is -2.15. The van der Waals surface area contributed by atoms with E-state index in [4.69, 9.17) is 11.6 Å². The van der Waals surface area contributed by atoms with Gasteiger partial charge in [0.1, 0.15) is 10.8 Å². The molecule has 7 nitrogen and oxygen atoms in total. The number of nitrogens with zero attached hydrogens (tertiary/aromatic N) is 3. The highest BCUT2D eigenvalue weighted by Gasteiger charge is 2.17. The van der Waals surface area contributed by atoms with E-state index in [2.05, 4.69) is 10.3 Å². The number of aryl methyl sites for hydroxylation is 1. The summed E-state index contributed by atoms with van der Waals surface area (Å²) in [5.41, 5.74) is 0.508. The van der Waals surface area contributed by atoms with Crippen molar-refractivity contribution < 1.29 is 9.72 Å². The summed E-state index contributed by atoms with van der Waals surface area (Å²) in [6, 6.07) is 4.26. The van der Waals surface area contributed by atoms with Crippen LogP contribution < -0.4 is 5.32 Å². The minimum Gasteiger partial charge on any atom is -0.340 e. The third-order valence-corrected chi connectivity index (χ3v) is 2.63. The van der Waals surface area contributed by atoms with Crippen LogP contribution >= 0.6 is 11.6 Å². The van der Waals surface area contributed by atoms with E-state index in [1.807, 2.05) is 0 Å². The summed E-state index contributed by atoms with van der Waals surface area (Å²) >= 11 is 5.69. The van der Waals surface area contributed by atoms with E-state index in [0.29, 0.717) is 5.69 Å². The molecule has 0 aliphatic rings. The number of aromatic nitrogens is 2. The molecule has 1 N–H and O–H groups in total. The normalized spacial score (nSPS) is 10.2. The van der Waals surface area contributed by atoms with Crippen LogP contribution in [-0.2, 0) is 7.05 Å². The standard InChI is InChI=1S/C11H9ClN4O3/c1-15-6-8(16(18)19)5-9(15)11(17)14-7-2-3-13-10(12)4-7/h2-6H,1H3,(H,13,14,17). The van der Waals surface area contributed by atoms with Crippen molar-refractivity contribution in [1.82, 2.24) is 9.55 Å². The van der Waals surface area contributed by atoms with E-state index in [1.54, 1.807) is 13.1 Å². The number of nitro groups is 1. The molecule has 0 saturated heterocycles. The number of hydrogen-bond donors (Lipinski definition) is 1. The van der Waals surface area contributed by atoms with Crippen molar-refractivity contribution in [2.75, 3.05) is 5.32 Å². The van der Waals surface area contributed by atoms with Gasteiger partial charge >= 0.3 is 0 Å². The topological polar surface area (TPSA) is 90.1 Å². The Balaban J connectivity index is 2.23. The van der Waals surface area contributed by atoms with Crippen molar-refractivity contribution in [3.05, 3.63) is 51.6 Å². The Bertz CT molecular complexity index is 653. The molecule has 0 aromatic carbocycles. The van der Waals surface area contributed by atoms with Crippen molar-refractivity contribution in [1.29, 1.82) is 0 Å². The fourth-order valence-electron chi connectivity index (χ4n) is 1.55. The van der Waals surface area contributed by atoms with Gasteiger partial charge in [0.25, 0.3) is 11.6 Å². The second kappa shape index (κ2) is 5.07. The van der Waals surface area contributed by atoms with Crippen LogP contribution in [0, 0.1) is 10.1 Å². The van der Waals surface area contributed by atoms with Crippen LogP contribution in [0.4, 0.5) is 11.4 Å². The predicted molar refractivity (Wildman–Crippen MR) is 69.3 cm³/mol. The van der Waals surface area contributed by atoms with E-state index in [-0.39, 0.29) is 16.5 Å². The van der Waals surface area contributed by atoms with Gasteiger partial charge in [0.2, 0.25) is 0 Å². The van der Waals surface area contributed by atoms with Crippen LogP contribution in [0.15, 0.2) is 30.6 Å². The number of carbonyl (C=O) groups excluding carboxylic acids is 1. The number of anilines is 1. The number of halogens is 1. The minimum absolute atomic E-state index is 0.139. The van der Waals surface area contributed by atoms with Crippen molar-refractivity contribution >= 4 is 28.9 Å². The first-order chi connectivity index (χ1) is 8.97. The van der Waals surface area contributed by atoms with E-state index in [1.165, 1.54) is 29.1 Å². The maximum atomic E-state index is 12.0. The maximum absolute atomic E-state index is 12.0. The molecular formula is C11H9ClN4O3. The Hall–Kier alpha value is -2.41. The second-order valence-electron chi connectivity index (χ2n) is 3.77. The first-order valence-electron chi connectivity index (χ1n) is 5.21. The molecule has 1 amide bonds. The molecule has 8 heteroatoms. The van der Waals surface area contributed by atoms with E-state index >= 15 is 0 Å². The molecule has 0 aliphatic carbocycles. The van der Waals surface area contributed by atoms with Crippen LogP contribution in [-0.4, -0.2) is 20.4 Å². The zero-order chi connectivity index (χ0) is 14.0. The highest BCUT2D eigenvalue weighted by molar-refractivity contribution is 6.29. The lowest BCUT2D eigenvalue weighted by molar-refractivity contribution is -0.384. The average Bonchev–Trinajstić information content (AvgIpc) is 2.71. The molecule has 0 radical (unpaired) electrons. The lowest BCUT2D eigenvalue weighted by Gasteiger charge is -2.05. The molecule has 19 heavy (non-hydrogen) atoms. The van der Waals surface area contributed by atoms with Gasteiger partial charge in [0, 0.05) is 25.0 Å². The highest BCUT2D eigenvalue weighted by atomic mass is 35.5. The van der Waals surface area contributed by atoms with Crippen LogP contribution in [0.3, 0.4) is 0 Å². The molecule has 2 rings (SSSR count). The molecule has 98 valence electrons. The summed E-state index contributed by atoms with van der Waals surface area (Å²) in [4.78, 5) is 25.8. The molecule has 0 fully saturated rings. The number of pyridine rings is 1. The fraction of sp³-hybridized carbons (Fsp3) is 0.0909. The van der Waals surface area contributed by atoms with Gasteiger partial charge in [-0.1, -0.05) is 11.6 Å². The van der Waals surface area contributed by atoms with Crippen LogP contribution in [0.25, 0.3) is 0 Å². The summed E-state index contributed by atoms with van der Waals surface area (Å²) in [5.74, 6) is -0.460. The molecule has 0 atom stereocenters. The Labute approximate surface area is 113 Å². The lowest BCUT2D eigenvalue weighted by atomic mass is 10.3. The largest absolute Gasteiger partial charge is 0.340 e. The minimum atomic E-state index is -0.555. The Morgan fingerprint density at radius 1 is 1.53 bits per heavy atom. The molecule has 2 heterocycles. The highest BCUT2D eigenvalue weighted by Crippen LogP contribution is 2.17. The molecule has 0 spiro atoms. The summed E-state index contributed by atoms with van der Waals surface area (Å²) in [5, 5.41) is 13.5. The van der Waals surface area contributed by atoms with Gasteiger partial charge in [-0.05, 0) is 12.1 Å². The van der Waals surface area contributed by atoms with Crippen molar-refractivity contribution in [2.24, 2.45) is 7.05 Å². The number of nitrogens with one attached hydrogen (secondary N) is 1. The average molecular weight is 281 g/mol. The molecule has 0 saturated carbocycles. The van der Waals surface area contributed by atoms with Gasteiger partial charge in [0.15, 0.2) is 0 Å². The van der Waals surface area contributed by atoms with Gasteiger partial charge < -0.3 is 9.88 Å². The van der Waals surface area contributed by atoms with Gasteiger partial charge in [0.05, 0.1) is 11.1 Å².